The van der Waals surface area contributed by atoms with Gasteiger partial charge in [0.05, 0.1) is 29.3 Å². The van der Waals surface area contributed by atoms with E-state index in [1.807, 2.05) is 0 Å². The van der Waals surface area contributed by atoms with E-state index in [-0.39, 0.29) is 15.5 Å². The number of piperazine rings is 1. The maximum Gasteiger partial charge on any atom is 0.210 e. The molecule has 1 atom stereocenters. The van der Waals surface area contributed by atoms with E-state index in [2.05, 4.69) is 31.5 Å². The van der Waals surface area contributed by atoms with Crippen LogP contribution in [0, 0.1) is 5.82 Å². The Labute approximate surface area is 355 Å². The number of unbranched alkanes of at least 4 members (excludes halogenated alkanes) is 11. The minimum atomic E-state index is -4.20. The van der Waals surface area contributed by atoms with Crippen LogP contribution in [-0.2, 0) is 25.4 Å². The summed E-state index contributed by atoms with van der Waals surface area (Å²) in [6, 6.07) is 10.3. The van der Waals surface area contributed by atoms with Crippen LogP contribution in [0.2, 0.25) is 0 Å². The summed E-state index contributed by atoms with van der Waals surface area (Å²) in [7, 11) is -5.48. The lowest BCUT2D eigenvalue weighted by Crippen LogP contribution is -2.55. The predicted octanol–water partition coefficient (Wildman–Crippen LogP) is 8.27. The van der Waals surface area contributed by atoms with Gasteiger partial charge >= 0.3 is 0 Å². The van der Waals surface area contributed by atoms with E-state index in [9.17, 15) is 17.4 Å². The van der Waals surface area contributed by atoms with Gasteiger partial charge in [-0.2, -0.15) is 0 Å². The third kappa shape index (κ3) is 12.3. The highest BCUT2D eigenvalue weighted by atomic mass is 32.2. The van der Waals surface area contributed by atoms with Gasteiger partial charge in [0.2, 0.25) is 9.84 Å². The molecule has 0 N–H and O–H groups in total. The molecule has 3 aromatic rings. The van der Waals surface area contributed by atoms with Crippen molar-refractivity contribution < 1.29 is 26.5 Å². The molecule has 0 amide bonds. The molecule has 3 saturated heterocycles. The fourth-order valence-corrected chi connectivity index (χ4v) is 11.3. The Morgan fingerprint density at radius 3 is 1.97 bits per heavy atom. The third-order valence-corrected chi connectivity index (χ3v) is 15.6. The summed E-state index contributed by atoms with van der Waals surface area (Å²) in [5, 5.41) is 0.633. The van der Waals surface area contributed by atoms with Crippen molar-refractivity contribution in [2.45, 2.75) is 136 Å². The van der Waals surface area contributed by atoms with Crippen molar-refractivity contribution in [1.29, 1.82) is 0 Å². The molecule has 3 fully saturated rings. The van der Waals surface area contributed by atoms with Crippen LogP contribution in [-0.4, -0.2) is 122 Å². The summed E-state index contributed by atoms with van der Waals surface area (Å²) < 4.78 is 62.9. The van der Waals surface area contributed by atoms with E-state index >= 15 is 4.39 Å². The second-order valence-electron chi connectivity index (χ2n) is 16.9. The number of piperidine rings is 2. The molecule has 0 radical (unpaired) electrons. The van der Waals surface area contributed by atoms with E-state index in [1.165, 1.54) is 76.1 Å². The largest absolute Gasteiger partial charge is 0.491 e. The van der Waals surface area contributed by atoms with Gasteiger partial charge in [-0.05, 0) is 81.6 Å². The summed E-state index contributed by atoms with van der Waals surface area (Å²) in [5.74, 6) is -0.643. The van der Waals surface area contributed by atoms with Crippen molar-refractivity contribution in [2.75, 3.05) is 76.7 Å². The molecule has 4 heterocycles. The number of carbonyl (C=O) groups is 1. The summed E-state index contributed by atoms with van der Waals surface area (Å²) in [6.45, 7) is 10.5. The zero-order valence-electron chi connectivity index (χ0n) is 35.6. The minimum absolute atomic E-state index is 0.0288. The molecule has 0 saturated carbocycles. The monoisotopic (exact) mass is 853 g/mol. The van der Waals surface area contributed by atoms with E-state index in [0.717, 1.165) is 96.6 Å². The zero-order valence-corrected chi connectivity index (χ0v) is 37.3. The van der Waals surface area contributed by atoms with Crippen molar-refractivity contribution in [3.05, 3.63) is 48.4 Å². The number of aromatic nitrogens is 1. The van der Waals surface area contributed by atoms with Gasteiger partial charge in [-0.3, -0.25) is 19.0 Å². The van der Waals surface area contributed by atoms with Gasteiger partial charge < -0.3 is 19.3 Å². The molecule has 1 unspecified atom stereocenters. The molecule has 1 aromatic heterocycles. The molecule has 59 heavy (non-hydrogen) atoms. The topological polar surface area (TPSA) is 103 Å². The number of pyridine rings is 1. The summed E-state index contributed by atoms with van der Waals surface area (Å²) in [6.07, 6.45) is 22.8. The van der Waals surface area contributed by atoms with Crippen LogP contribution < -0.4 is 9.64 Å². The maximum atomic E-state index is 15.5. The van der Waals surface area contributed by atoms with Gasteiger partial charge in [-0.1, -0.05) is 77.6 Å². The van der Waals surface area contributed by atoms with Crippen LogP contribution in [0.25, 0.3) is 10.9 Å². The standard InChI is InChI=1S/C46H68FN5O5S2/c1-3-4-5-6-7-8-9-10-11-12-13-14-33-57-44-18-16-40(35-42(44)47)59(55,56)45-36-48-43-17-15-39(58(2)54)34-41(43)46(45)52-25-21-37(22-26-52)50-23-19-38(20-24-50)51-29-27-49(28-30-51)31-32-53/h15-18,32,34-38H,3-14,19-31,33H2,1-2H3. The average Bonchev–Trinajstić information content (AvgIpc) is 3.25. The molecule has 0 aliphatic carbocycles. The first kappa shape index (κ1) is 45.6. The van der Waals surface area contributed by atoms with Gasteiger partial charge in [-0.15, -0.1) is 0 Å². The first-order valence-electron chi connectivity index (χ1n) is 22.5. The number of nitrogens with zero attached hydrogens (tertiary/aromatic N) is 5. The highest BCUT2D eigenvalue weighted by Gasteiger charge is 2.34. The van der Waals surface area contributed by atoms with Crippen LogP contribution in [0.3, 0.4) is 0 Å². The SMILES string of the molecule is CCCCCCCCCCCCCCOc1ccc(S(=O)(=O)c2cnc3ccc(S(C)=O)cc3c2N2CCC(N3CCC(N4CCN(CC=O)CC4)CC3)CC2)cc1F. The van der Waals surface area contributed by atoms with Gasteiger partial charge in [0.15, 0.2) is 11.6 Å². The number of anilines is 1. The second kappa shape index (κ2) is 22.8. The molecule has 3 aliphatic heterocycles. The maximum absolute atomic E-state index is 15.5. The quantitative estimate of drug-likeness (QED) is 0.0725. The van der Waals surface area contributed by atoms with Gasteiger partial charge in [0, 0.05) is 84.9 Å². The molecule has 2 aromatic carbocycles. The third-order valence-electron chi connectivity index (χ3n) is 12.9. The lowest BCUT2D eigenvalue weighted by atomic mass is 9.96. The van der Waals surface area contributed by atoms with Crippen molar-refractivity contribution in [1.82, 2.24) is 19.7 Å². The molecule has 326 valence electrons. The summed E-state index contributed by atoms with van der Waals surface area (Å²) in [4.78, 5) is 25.6. The van der Waals surface area contributed by atoms with E-state index in [0.29, 0.717) is 59.8 Å². The summed E-state index contributed by atoms with van der Waals surface area (Å²) in [5.41, 5.74) is 1.16. The molecular formula is C46H68FN5O5S2. The fraction of sp³-hybridized carbons (Fsp3) is 0.652. The lowest BCUT2D eigenvalue weighted by molar-refractivity contribution is -0.109. The lowest BCUT2D eigenvalue weighted by Gasteiger charge is -2.46. The van der Waals surface area contributed by atoms with Crippen LogP contribution in [0.1, 0.15) is 110 Å². The van der Waals surface area contributed by atoms with E-state index in [4.69, 9.17) is 4.74 Å². The van der Waals surface area contributed by atoms with Crippen LogP contribution in [0.5, 0.6) is 5.75 Å². The van der Waals surface area contributed by atoms with Crippen LogP contribution >= 0.6 is 0 Å². The van der Waals surface area contributed by atoms with E-state index in [1.54, 1.807) is 24.5 Å². The molecular weight excluding hydrogens is 786 g/mol. The number of ether oxygens (including phenoxy) is 1. The highest BCUT2D eigenvalue weighted by molar-refractivity contribution is 7.91. The van der Waals surface area contributed by atoms with Gasteiger partial charge in [0.25, 0.3) is 0 Å². The minimum Gasteiger partial charge on any atom is -0.491 e. The Bertz CT molecular complexity index is 1930. The molecule has 0 bridgehead atoms. The van der Waals surface area contributed by atoms with Crippen molar-refractivity contribution in [2.24, 2.45) is 0 Å². The number of benzene rings is 2. The number of rotatable bonds is 22. The Kier molecular flexibility index (Phi) is 17.6. The van der Waals surface area contributed by atoms with E-state index < -0.39 is 26.5 Å². The van der Waals surface area contributed by atoms with Crippen molar-refractivity contribution >= 4 is 43.5 Å². The number of sulfone groups is 1. The van der Waals surface area contributed by atoms with Gasteiger partial charge in [-0.25, -0.2) is 12.8 Å². The Morgan fingerprint density at radius 2 is 1.37 bits per heavy atom. The smallest absolute Gasteiger partial charge is 0.210 e. The Hall–Kier alpha value is -2.97. The van der Waals surface area contributed by atoms with Gasteiger partial charge in [0.1, 0.15) is 11.2 Å². The number of hydrogen-bond donors (Lipinski definition) is 0. The first-order chi connectivity index (χ1) is 28.7. The number of carbonyl (C=O) groups excluding carboxylic acids is 1. The normalized spacial score (nSPS) is 18.7. The number of fused-ring (bicyclic) bond motifs is 1. The average molecular weight is 854 g/mol. The number of halogens is 1. The first-order valence-corrected chi connectivity index (χ1v) is 25.6. The molecule has 6 rings (SSSR count). The van der Waals surface area contributed by atoms with Crippen LogP contribution in [0.15, 0.2) is 57.3 Å². The zero-order chi connectivity index (χ0) is 41.6. The molecule has 10 nitrogen and oxygen atoms in total. The number of hydrogen-bond acceptors (Lipinski definition) is 10. The summed E-state index contributed by atoms with van der Waals surface area (Å²) >= 11 is 0. The predicted molar refractivity (Wildman–Crippen MR) is 236 cm³/mol. The van der Waals surface area contributed by atoms with Crippen molar-refractivity contribution in [3.8, 4) is 5.75 Å². The number of aldehydes is 1. The Balaban J connectivity index is 1.06. The number of likely N-dealkylation sites (tertiary alicyclic amines) is 1. The molecule has 3 aliphatic rings. The molecule has 0 spiro atoms. The fourth-order valence-electron chi connectivity index (χ4n) is 9.35. The highest BCUT2D eigenvalue weighted by Crippen LogP contribution is 2.39. The second-order valence-corrected chi connectivity index (χ2v) is 20.2. The molecule has 13 heteroatoms. The Morgan fingerprint density at radius 1 is 0.780 bits per heavy atom. The van der Waals surface area contributed by atoms with Crippen LogP contribution in [0.4, 0.5) is 10.1 Å². The van der Waals surface area contributed by atoms with Crippen molar-refractivity contribution in [3.63, 3.8) is 0 Å².